The van der Waals surface area contributed by atoms with E-state index in [2.05, 4.69) is 5.10 Å². The zero-order valence-corrected chi connectivity index (χ0v) is 17.6. The van der Waals surface area contributed by atoms with E-state index in [1.165, 1.54) is 21.7 Å². The smallest absolute Gasteiger partial charge is 0.315 e. The van der Waals surface area contributed by atoms with Gasteiger partial charge in [0.05, 0.1) is 35.4 Å². The van der Waals surface area contributed by atoms with Crippen LogP contribution in [0.3, 0.4) is 0 Å². The molecule has 2 aliphatic heterocycles. The number of carbonyl (C=O) groups excluding carboxylic acids is 2. The van der Waals surface area contributed by atoms with Crippen LogP contribution >= 0.6 is 23.2 Å². The van der Waals surface area contributed by atoms with Gasteiger partial charge in [-0.2, -0.15) is 13.9 Å². The normalized spacial score (nSPS) is 20.4. The Balaban J connectivity index is 1.69. The standard InChI is InChI=1S/C19H19Cl2F2N5O2/c1-10-6-15-12(8-27(10)17(29)11-2-3-13(20)14(21)7-11)16-19(22,23)9-26(18(24)30)4-5-28(16)25-15/h2-3,7,10H,4-6,8-9H2,1H3,(H2,24,30)/t10-/m1/s1. The number of nitrogens with two attached hydrogens (primary N) is 1. The Labute approximate surface area is 181 Å². The maximum absolute atomic E-state index is 15.1. The highest BCUT2D eigenvalue weighted by Crippen LogP contribution is 2.38. The molecule has 3 amide bonds. The van der Waals surface area contributed by atoms with Crippen molar-refractivity contribution >= 4 is 35.1 Å². The van der Waals surface area contributed by atoms with Gasteiger partial charge in [0.25, 0.3) is 5.91 Å². The maximum Gasteiger partial charge on any atom is 0.315 e. The summed E-state index contributed by atoms with van der Waals surface area (Å²) in [7, 11) is 0. The highest BCUT2D eigenvalue weighted by atomic mass is 35.5. The molecule has 2 aromatic rings. The minimum Gasteiger partial charge on any atom is -0.351 e. The molecule has 4 rings (SSSR count). The number of amides is 3. The van der Waals surface area contributed by atoms with Gasteiger partial charge in [-0.3, -0.25) is 9.48 Å². The van der Waals surface area contributed by atoms with Crippen LogP contribution in [0.25, 0.3) is 0 Å². The lowest BCUT2D eigenvalue weighted by molar-refractivity contribution is -0.0289. The van der Waals surface area contributed by atoms with Crippen LogP contribution in [-0.2, 0) is 25.4 Å². The van der Waals surface area contributed by atoms with E-state index in [-0.39, 0.29) is 42.3 Å². The lowest BCUT2D eigenvalue weighted by atomic mass is 9.96. The minimum absolute atomic E-state index is 0.0168. The van der Waals surface area contributed by atoms with Gasteiger partial charge in [-0.25, -0.2) is 4.79 Å². The predicted octanol–water partition coefficient (Wildman–Crippen LogP) is 3.26. The van der Waals surface area contributed by atoms with Gasteiger partial charge in [0.2, 0.25) is 0 Å². The number of carbonyl (C=O) groups is 2. The van der Waals surface area contributed by atoms with Gasteiger partial charge in [0.1, 0.15) is 5.69 Å². The van der Waals surface area contributed by atoms with E-state index in [0.29, 0.717) is 28.3 Å². The highest BCUT2D eigenvalue weighted by molar-refractivity contribution is 6.42. The fourth-order valence-electron chi connectivity index (χ4n) is 4.03. The number of nitrogens with zero attached hydrogens (tertiary/aromatic N) is 4. The van der Waals surface area contributed by atoms with Crippen LogP contribution in [0.1, 0.15) is 34.2 Å². The van der Waals surface area contributed by atoms with Crippen LogP contribution in [0.5, 0.6) is 0 Å². The number of rotatable bonds is 1. The summed E-state index contributed by atoms with van der Waals surface area (Å²) in [6, 6.07) is 3.40. The number of halogens is 4. The third-order valence-electron chi connectivity index (χ3n) is 5.54. The molecule has 2 aliphatic rings. The first-order valence-electron chi connectivity index (χ1n) is 9.35. The summed E-state index contributed by atoms with van der Waals surface area (Å²) in [5.41, 5.74) is 6.14. The average Bonchev–Trinajstić information content (AvgIpc) is 2.97. The summed E-state index contributed by atoms with van der Waals surface area (Å²) < 4.78 is 31.4. The molecular formula is C19H19Cl2F2N5O2. The Bertz CT molecular complexity index is 1040. The second kappa shape index (κ2) is 7.39. The number of alkyl halides is 2. The molecule has 1 atom stereocenters. The monoisotopic (exact) mass is 457 g/mol. The molecule has 0 bridgehead atoms. The van der Waals surface area contributed by atoms with Gasteiger partial charge in [-0.05, 0) is 25.1 Å². The lowest BCUT2D eigenvalue weighted by Gasteiger charge is -2.34. The van der Waals surface area contributed by atoms with E-state index in [4.69, 9.17) is 28.9 Å². The lowest BCUT2D eigenvalue weighted by Crippen LogP contribution is -2.44. The molecular weight excluding hydrogens is 439 g/mol. The molecule has 0 saturated heterocycles. The number of urea groups is 1. The second-order valence-corrected chi connectivity index (χ2v) is 8.39. The third kappa shape index (κ3) is 3.50. The Morgan fingerprint density at radius 1 is 1.23 bits per heavy atom. The average molecular weight is 458 g/mol. The van der Waals surface area contributed by atoms with Crippen LogP contribution < -0.4 is 5.73 Å². The van der Waals surface area contributed by atoms with Gasteiger partial charge in [0, 0.05) is 30.1 Å². The first kappa shape index (κ1) is 20.9. The molecule has 30 heavy (non-hydrogen) atoms. The molecule has 7 nitrogen and oxygen atoms in total. The molecule has 0 unspecified atom stereocenters. The molecule has 0 saturated carbocycles. The number of aromatic nitrogens is 2. The summed E-state index contributed by atoms with van der Waals surface area (Å²) in [4.78, 5) is 27.0. The Kier molecular flexibility index (Phi) is 5.14. The molecule has 2 N–H and O–H groups in total. The topological polar surface area (TPSA) is 84.5 Å². The van der Waals surface area contributed by atoms with E-state index in [9.17, 15) is 9.59 Å². The molecule has 0 radical (unpaired) electrons. The summed E-state index contributed by atoms with van der Waals surface area (Å²) in [6.07, 6.45) is 0.345. The van der Waals surface area contributed by atoms with Crippen molar-refractivity contribution in [3.63, 3.8) is 0 Å². The first-order chi connectivity index (χ1) is 14.1. The fraction of sp³-hybridized carbons (Fsp3) is 0.421. The van der Waals surface area contributed by atoms with Gasteiger partial charge in [0.15, 0.2) is 0 Å². The van der Waals surface area contributed by atoms with Crippen LogP contribution in [0.15, 0.2) is 18.2 Å². The fourth-order valence-corrected chi connectivity index (χ4v) is 4.33. The number of hydrogen-bond acceptors (Lipinski definition) is 3. The second-order valence-electron chi connectivity index (χ2n) is 7.58. The van der Waals surface area contributed by atoms with Gasteiger partial charge in [-0.1, -0.05) is 23.2 Å². The van der Waals surface area contributed by atoms with Gasteiger partial charge < -0.3 is 15.5 Å². The van der Waals surface area contributed by atoms with Crippen molar-refractivity contribution in [3.05, 3.63) is 50.8 Å². The summed E-state index contributed by atoms with van der Waals surface area (Å²) >= 11 is 12.0. The van der Waals surface area contributed by atoms with Crippen molar-refractivity contribution in [2.45, 2.75) is 38.4 Å². The number of fused-ring (bicyclic) bond motifs is 3. The van der Waals surface area contributed by atoms with E-state index >= 15 is 8.78 Å². The Morgan fingerprint density at radius 3 is 2.63 bits per heavy atom. The summed E-state index contributed by atoms with van der Waals surface area (Å²) in [5.74, 6) is -3.67. The van der Waals surface area contributed by atoms with Crippen LogP contribution in [-0.4, -0.2) is 50.6 Å². The third-order valence-corrected chi connectivity index (χ3v) is 6.28. The SMILES string of the molecule is C[C@@H]1Cc2nn3c(c2CN1C(=O)c1ccc(Cl)c(Cl)c1)C(F)(F)CN(C(N)=O)CC3. The number of primary amides is 1. The Morgan fingerprint density at radius 2 is 1.97 bits per heavy atom. The van der Waals surface area contributed by atoms with Crippen LogP contribution in [0.4, 0.5) is 13.6 Å². The zero-order chi connectivity index (χ0) is 21.8. The zero-order valence-electron chi connectivity index (χ0n) is 16.0. The van der Waals surface area contributed by atoms with Crippen molar-refractivity contribution in [3.8, 4) is 0 Å². The molecule has 1 aromatic heterocycles. The molecule has 0 fully saturated rings. The van der Waals surface area contributed by atoms with Gasteiger partial charge in [-0.15, -0.1) is 0 Å². The molecule has 0 spiro atoms. The number of hydrogen-bond donors (Lipinski definition) is 1. The van der Waals surface area contributed by atoms with Crippen molar-refractivity contribution < 1.29 is 18.4 Å². The Hall–Kier alpha value is -2.39. The maximum atomic E-state index is 15.1. The molecule has 0 aliphatic carbocycles. The van der Waals surface area contributed by atoms with Gasteiger partial charge >= 0.3 is 12.0 Å². The predicted molar refractivity (Wildman–Crippen MR) is 107 cm³/mol. The van der Waals surface area contributed by atoms with Crippen molar-refractivity contribution in [2.75, 3.05) is 13.1 Å². The van der Waals surface area contributed by atoms with Crippen molar-refractivity contribution in [1.29, 1.82) is 0 Å². The molecule has 160 valence electrons. The molecule has 11 heteroatoms. The summed E-state index contributed by atoms with van der Waals surface area (Å²) in [5, 5.41) is 4.93. The van der Waals surface area contributed by atoms with E-state index in [1.54, 1.807) is 6.07 Å². The largest absolute Gasteiger partial charge is 0.351 e. The number of benzene rings is 1. The van der Waals surface area contributed by atoms with Crippen molar-refractivity contribution in [2.24, 2.45) is 5.73 Å². The molecule has 3 heterocycles. The molecule has 1 aromatic carbocycles. The summed E-state index contributed by atoms with van der Waals surface area (Å²) in [6.45, 7) is 1.15. The van der Waals surface area contributed by atoms with E-state index in [1.807, 2.05) is 6.92 Å². The van der Waals surface area contributed by atoms with E-state index in [0.717, 1.165) is 4.90 Å². The minimum atomic E-state index is -3.34. The highest BCUT2D eigenvalue weighted by Gasteiger charge is 2.46. The van der Waals surface area contributed by atoms with E-state index < -0.39 is 18.5 Å². The van der Waals surface area contributed by atoms with Crippen LogP contribution in [0, 0.1) is 0 Å². The first-order valence-corrected chi connectivity index (χ1v) is 10.1. The van der Waals surface area contributed by atoms with Crippen molar-refractivity contribution in [1.82, 2.24) is 19.6 Å². The van der Waals surface area contributed by atoms with Crippen LogP contribution in [0.2, 0.25) is 10.0 Å². The quantitative estimate of drug-likeness (QED) is 0.712.